The first-order valence-electron chi connectivity index (χ1n) is 11.0. The topological polar surface area (TPSA) is 78.0 Å². The number of piperazine rings is 1. The van der Waals surface area contributed by atoms with Gasteiger partial charge < -0.3 is 9.80 Å². The first-order valence-corrected chi connectivity index (χ1v) is 13.3. The molecule has 3 heterocycles. The van der Waals surface area contributed by atoms with E-state index in [0.29, 0.717) is 36.9 Å². The molecular formula is C23H29N3O4S2. The average molecular weight is 476 g/mol. The lowest BCUT2D eigenvalue weighted by atomic mass is 10.0. The summed E-state index contributed by atoms with van der Waals surface area (Å²) in [5.41, 5.74) is 1.09. The molecule has 0 unspecified atom stereocenters. The molecule has 0 aliphatic carbocycles. The third kappa shape index (κ3) is 4.46. The quantitative estimate of drug-likeness (QED) is 0.666. The van der Waals surface area contributed by atoms with Gasteiger partial charge in [0.15, 0.2) is 0 Å². The van der Waals surface area contributed by atoms with Crippen LogP contribution in [0.1, 0.15) is 47.8 Å². The smallest absolute Gasteiger partial charge is 0.264 e. The van der Waals surface area contributed by atoms with Gasteiger partial charge in [-0.2, -0.15) is 4.31 Å². The molecule has 2 saturated heterocycles. The van der Waals surface area contributed by atoms with E-state index < -0.39 is 16.1 Å². The van der Waals surface area contributed by atoms with Crippen LogP contribution < -0.4 is 0 Å². The normalized spacial score (nSPS) is 20.2. The monoisotopic (exact) mass is 475 g/mol. The maximum absolute atomic E-state index is 13.2. The molecule has 2 amide bonds. The van der Waals surface area contributed by atoms with E-state index in [1.807, 2.05) is 23.6 Å². The Labute approximate surface area is 193 Å². The van der Waals surface area contributed by atoms with E-state index in [0.717, 1.165) is 12.0 Å². The van der Waals surface area contributed by atoms with E-state index in [-0.39, 0.29) is 29.8 Å². The number of rotatable bonds is 5. The fourth-order valence-electron chi connectivity index (χ4n) is 4.34. The summed E-state index contributed by atoms with van der Waals surface area (Å²) in [6, 6.07) is 10.2. The van der Waals surface area contributed by atoms with Crippen LogP contribution >= 0.6 is 11.3 Å². The van der Waals surface area contributed by atoms with Gasteiger partial charge in [-0.25, -0.2) is 8.42 Å². The van der Waals surface area contributed by atoms with Crippen molar-refractivity contribution in [1.82, 2.24) is 14.1 Å². The fraction of sp³-hybridized carbons (Fsp3) is 0.478. The van der Waals surface area contributed by atoms with Crippen molar-refractivity contribution < 1.29 is 18.0 Å². The van der Waals surface area contributed by atoms with Crippen molar-refractivity contribution in [3.8, 4) is 0 Å². The lowest BCUT2D eigenvalue weighted by Crippen LogP contribution is -2.55. The maximum atomic E-state index is 13.2. The Morgan fingerprint density at radius 3 is 2.28 bits per heavy atom. The lowest BCUT2D eigenvalue weighted by molar-refractivity contribution is -0.136. The Morgan fingerprint density at radius 2 is 1.69 bits per heavy atom. The van der Waals surface area contributed by atoms with E-state index in [9.17, 15) is 18.0 Å². The highest BCUT2D eigenvalue weighted by atomic mass is 32.2. The summed E-state index contributed by atoms with van der Waals surface area (Å²) >= 11 is 1.38. The van der Waals surface area contributed by atoms with Gasteiger partial charge in [0.1, 0.15) is 6.04 Å². The molecule has 1 aromatic carbocycles. The summed E-state index contributed by atoms with van der Waals surface area (Å²) < 4.78 is 27.5. The number of sulfonamides is 1. The predicted octanol–water partition coefficient (Wildman–Crippen LogP) is 3.01. The van der Waals surface area contributed by atoms with Gasteiger partial charge in [0.2, 0.25) is 15.9 Å². The molecule has 0 N–H and O–H groups in total. The second-order valence-electron chi connectivity index (χ2n) is 8.59. The van der Waals surface area contributed by atoms with E-state index >= 15 is 0 Å². The molecule has 7 nitrogen and oxygen atoms in total. The molecule has 2 fully saturated rings. The van der Waals surface area contributed by atoms with E-state index in [1.165, 1.54) is 15.6 Å². The minimum absolute atomic E-state index is 0.0780. The van der Waals surface area contributed by atoms with Gasteiger partial charge in [-0.05, 0) is 47.9 Å². The van der Waals surface area contributed by atoms with Crippen molar-refractivity contribution in [2.75, 3.05) is 32.7 Å². The number of carbonyl (C=O) groups excluding carboxylic acids is 2. The van der Waals surface area contributed by atoms with E-state index in [1.54, 1.807) is 28.0 Å². The number of hydrogen-bond donors (Lipinski definition) is 0. The largest absolute Gasteiger partial charge is 0.338 e. The molecule has 172 valence electrons. The number of benzene rings is 1. The number of carbonyl (C=O) groups is 2. The van der Waals surface area contributed by atoms with Gasteiger partial charge in [-0.15, -0.1) is 11.3 Å². The number of hydrogen-bond acceptors (Lipinski definition) is 5. The number of likely N-dealkylation sites (tertiary alicyclic amines) is 1. The summed E-state index contributed by atoms with van der Waals surface area (Å²) in [6.45, 7) is 5.89. The molecule has 4 rings (SSSR count). The molecule has 2 aliphatic heterocycles. The zero-order valence-corrected chi connectivity index (χ0v) is 20.1. The molecule has 0 spiro atoms. The van der Waals surface area contributed by atoms with Gasteiger partial charge in [0, 0.05) is 32.7 Å². The molecule has 9 heteroatoms. The van der Waals surface area contributed by atoms with Crippen LogP contribution in [0.3, 0.4) is 0 Å². The number of thiophene rings is 1. The zero-order chi connectivity index (χ0) is 22.9. The highest BCUT2D eigenvalue weighted by Crippen LogP contribution is 2.25. The van der Waals surface area contributed by atoms with Crippen LogP contribution in [0.25, 0.3) is 0 Å². The highest BCUT2D eigenvalue weighted by Gasteiger charge is 2.39. The molecule has 2 aromatic rings. The van der Waals surface area contributed by atoms with Gasteiger partial charge in [0.25, 0.3) is 5.91 Å². The summed E-state index contributed by atoms with van der Waals surface area (Å²) in [6.07, 6.45) is 1.45. The second-order valence-corrected chi connectivity index (χ2v) is 11.5. The average Bonchev–Trinajstić information content (AvgIpc) is 3.51. The van der Waals surface area contributed by atoms with Crippen LogP contribution in [-0.2, 0) is 14.8 Å². The molecule has 0 radical (unpaired) electrons. The first-order chi connectivity index (χ1) is 15.3. The fourth-order valence-corrected chi connectivity index (χ4v) is 6.44. The molecule has 0 saturated carbocycles. The summed E-state index contributed by atoms with van der Waals surface area (Å²) in [5.74, 6) is 0.163. The van der Waals surface area contributed by atoms with E-state index in [4.69, 9.17) is 0 Å². The van der Waals surface area contributed by atoms with Gasteiger partial charge in [0.05, 0.1) is 9.77 Å². The van der Waals surface area contributed by atoms with E-state index in [2.05, 4.69) is 13.8 Å². The number of amides is 2. The SMILES string of the molecule is CC(C)c1ccc(S(=O)(=O)N2CCN(C(=O)[C@@H]3CCCN3C(=O)c3cccs3)CC2)cc1. The standard InChI is InChI=1S/C23H29N3O4S2/c1-17(2)18-7-9-19(10-8-18)32(29,30)25-14-12-24(13-15-25)22(27)20-5-3-11-26(20)23(28)21-6-4-16-31-21/h4,6-10,16-17,20H,3,5,11-15H2,1-2H3/t20-/m0/s1. The van der Waals surface area contributed by atoms with Gasteiger partial charge in [-0.1, -0.05) is 32.0 Å². The lowest BCUT2D eigenvalue weighted by Gasteiger charge is -2.36. The van der Waals surface area contributed by atoms with Crippen molar-refractivity contribution in [2.45, 2.75) is 43.5 Å². The van der Waals surface area contributed by atoms with Crippen molar-refractivity contribution in [1.29, 1.82) is 0 Å². The van der Waals surface area contributed by atoms with Crippen molar-refractivity contribution in [2.24, 2.45) is 0 Å². The van der Waals surface area contributed by atoms with Gasteiger partial charge >= 0.3 is 0 Å². The van der Waals surface area contributed by atoms with Gasteiger partial charge in [-0.3, -0.25) is 9.59 Å². The Bertz CT molecular complexity index is 1060. The van der Waals surface area contributed by atoms with Crippen molar-refractivity contribution >= 4 is 33.2 Å². The van der Waals surface area contributed by atoms with Crippen LogP contribution in [0.15, 0.2) is 46.7 Å². The Morgan fingerprint density at radius 1 is 1.00 bits per heavy atom. The number of nitrogens with zero attached hydrogens (tertiary/aromatic N) is 3. The third-order valence-electron chi connectivity index (χ3n) is 6.27. The second kappa shape index (κ2) is 9.33. The molecule has 1 aromatic heterocycles. The van der Waals surface area contributed by atoms with Crippen LogP contribution in [-0.4, -0.2) is 73.1 Å². The van der Waals surface area contributed by atoms with Crippen molar-refractivity contribution in [3.05, 3.63) is 52.2 Å². The highest BCUT2D eigenvalue weighted by molar-refractivity contribution is 7.89. The van der Waals surface area contributed by atoms with Crippen LogP contribution in [0, 0.1) is 0 Å². The van der Waals surface area contributed by atoms with Crippen LogP contribution in [0.4, 0.5) is 0 Å². The zero-order valence-electron chi connectivity index (χ0n) is 18.4. The third-order valence-corrected chi connectivity index (χ3v) is 9.04. The molecule has 1 atom stereocenters. The summed E-state index contributed by atoms with van der Waals surface area (Å²) in [5, 5.41) is 1.86. The van der Waals surface area contributed by atoms with Crippen LogP contribution in [0.5, 0.6) is 0 Å². The Hall–Kier alpha value is -2.23. The molecule has 0 bridgehead atoms. The molecule has 32 heavy (non-hydrogen) atoms. The van der Waals surface area contributed by atoms with Crippen LogP contribution in [0.2, 0.25) is 0 Å². The Balaban J connectivity index is 1.39. The molecule has 2 aliphatic rings. The van der Waals surface area contributed by atoms with Crippen molar-refractivity contribution in [3.63, 3.8) is 0 Å². The summed E-state index contributed by atoms with van der Waals surface area (Å²) in [7, 11) is -3.59. The maximum Gasteiger partial charge on any atom is 0.264 e. The first kappa shape index (κ1) is 22.9. The minimum atomic E-state index is -3.59. The minimum Gasteiger partial charge on any atom is -0.338 e. The summed E-state index contributed by atoms with van der Waals surface area (Å²) in [4.78, 5) is 30.3. The molecular weight excluding hydrogens is 446 g/mol. The predicted molar refractivity (Wildman–Crippen MR) is 124 cm³/mol. The Kier molecular flexibility index (Phi) is 6.69.